The molecule has 0 amide bonds. The van der Waals surface area contributed by atoms with Gasteiger partial charge in [0.2, 0.25) is 0 Å². The minimum Gasteiger partial charge on any atom is -0.267 e. The number of aromatic nitrogens is 2. The summed E-state index contributed by atoms with van der Waals surface area (Å²) < 4.78 is 4.35. The van der Waals surface area contributed by atoms with Crippen molar-refractivity contribution in [1.82, 2.24) is 9.78 Å². The van der Waals surface area contributed by atoms with Crippen LogP contribution in [0.4, 0.5) is 0 Å². The number of hydrogen-bond acceptors (Lipinski definition) is 1. The second-order valence-electron chi connectivity index (χ2n) is 3.89. The SMILES string of the molecule is Brc1cn(C2CCCCCC2)nc1I. The van der Waals surface area contributed by atoms with Crippen molar-refractivity contribution in [3.8, 4) is 0 Å². The average molecular weight is 369 g/mol. The first-order valence-corrected chi connectivity index (χ1v) is 7.04. The highest BCUT2D eigenvalue weighted by Crippen LogP contribution is 2.28. The molecule has 0 spiro atoms. The first-order chi connectivity index (χ1) is 6.77. The molecule has 2 nitrogen and oxygen atoms in total. The van der Waals surface area contributed by atoms with Crippen LogP contribution in [0.1, 0.15) is 44.6 Å². The first kappa shape index (κ1) is 10.9. The van der Waals surface area contributed by atoms with Crippen molar-refractivity contribution in [3.63, 3.8) is 0 Å². The van der Waals surface area contributed by atoms with Crippen LogP contribution in [0.2, 0.25) is 0 Å². The predicted octanol–water partition coefficient (Wildman–Crippen LogP) is 4.15. The van der Waals surface area contributed by atoms with Crippen LogP contribution in [0, 0.1) is 3.70 Å². The molecular weight excluding hydrogens is 355 g/mol. The Morgan fingerprint density at radius 1 is 1.29 bits per heavy atom. The van der Waals surface area contributed by atoms with Crippen molar-refractivity contribution >= 4 is 38.5 Å². The van der Waals surface area contributed by atoms with Crippen molar-refractivity contribution in [2.75, 3.05) is 0 Å². The first-order valence-electron chi connectivity index (χ1n) is 5.17. The molecule has 1 fully saturated rings. The van der Waals surface area contributed by atoms with Gasteiger partial charge in [-0.2, -0.15) is 5.10 Å². The van der Waals surface area contributed by atoms with E-state index in [-0.39, 0.29) is 0 Å². The molecule has 78 valence electrons. The van der Waals surface area contributed by atoms with E-state index in [2.05, 4.69) is 54.5 Å². The van der Waals surface area contributed by atoms with Crippen molar-refractivity contribution in [2.45, 2.75) is 44.6 Å². The fourth-order valence-corrected chi connectivity index (χ4v) is 2.73. The maximum Gasteiger partial charge on any atom is 0.137 e. The number of hydrogen-bond donors (Lipinski definition) is 0. The van der Waals surface area contributed by atoms with Gasteiger partial charge in [0.15, 0.2) is 0 Å². The summed E-state index contributed by atoms with van der Waals surface area (Å²) in [5, 5.41) is 4.53. The predicted molar refractivity (Wildman–Crippen MR) is 69.4 cm³/mol. The summed E-state index contributed by atoms with van der Waals surface area (Å²) in [6.45, 7) is 0. The van der Waals surface area contributed by atoms with Gasteiger partial charge >= 0.3 is 0 Å². The van der Waals surface area contributed by atoms with Gasteiger partial charge < -0.3 is 0 Å². The van der Waals surface area contributed by atoms with Crippen molar-refractivity contribution < 1.29 is 0 Å². The van der Waals surface area contributed by atoms with E-state index in [1.165, 1.54) is 38.5 Å². The van der Waals surface area contributed by atoms with Gasteiger partial charge in [0.25, 0.3) is 0 Å². The van der Waals surface area contributed by atoms with Crippen molar-refractivity contribution in [2.24, 2.45) is 0 Å². The summed E-state index contributed by atoms with van der Waals surface area (Å²) in [7, 11) is 0. The second kappa shape index (κ2) is 4.96. The lowest BCUT2D eigenvalue weighted by Crippen LogP contribution is -2.08. The molecule has 2 rings (SSSR count). The van der Waals surface area contributed by atoms with Gasteiger partial charge in [0.05, 0.1) is 10.5 Å². The molecule has 0 saturated heterocycles. The molecule has 0 aliphatic heterocycles. The van der Waals surface area contributed by atoms with Crippen LogP contribution < -0.4 is 0 Å². The van der Waals surface area contributed by atoms with E-state index in [0.717, 1.165) is 8.17 Å². The maximum absolute atomic E-state index is 4.53. The number of rotatable bonds is 1. The smallest absolute Gasteiger partial charge is 0.137 e. The third-order valence-electron chi connectivity index (χ3n) is 2.84. The molecule has 1 heterocycles. The van der Waals surface area contributed by atoms with E-state index in [4.69, 9.17) is 0 Å². The zero-order valence-corrected chi connectivity index (χ0v) is 11.8. The molecular formula is C10H14BrIN2. The Kier molecular flexibility index (Phi) is 3.87. The van der Waals surface area contributed by atoms with Gasteiger partial charge in [-0.3, -0.25) is 4.68 Å². The summed E-state index contributed by atoms with van der Waals surface area (Å²) in [6, 6.07) is 0.636. The lowest BCUT2D eigenvalue weighted by atomic mass is 10.1. The van der Waals surface area contributed by atoms with E-state index >= 15 is 0 Å². The quantitative estimate of drug-likeness (QED) is 0.538. The number of nitrogens with zero attached hydrogens (tertiary/aromatic N) is 2. The Morgan fingerprint density at radius 2 is 1.93 bits per heavy atom. The zero-order valence-electron chi connectivity index (χ0n) is 8.05. The second-order valence-corrected chi connectivity index (χ2v) is 5.77. The van der Waals surface area contributed by atoms with Crippen LogP contribution in [0.3, 0.4) is 0 Å². The van der Waals surface area contributed by atoms with E-state index in [0.29, 0.717) is 6.04 Å². The minimum absolute atomic E-state index is 0.636. The Labute approximate surface area is 107 Å². The molecule has 4 heteroatoms. The highest BCUT2D eigenvalue weighted by molar-refractivity contribution is 14.1. The third-order valence-corrected chi connectivity index (χ3v) is 4.96. The molecule has 0 aromatic carbocycles. The van der Waals surface area contributed by atoms with Gasteiger partial charge in [0, 0.05) is 6.20 Å². The van der Waals surface area contributed by atoms with Crippen LogP contribution in [-0.2, 0) is 0 Å². The fraction of sp³-hybridized carbons (Fsp3) is 0.700. The fourth-order valence-electron chi connectivity index (χ4n) is 2.06. The van der Waals surface area contributed by atoms with E-state index in [1.54, 1.807) is 0 Å². The molecule has 0 N–H and O–H groups in total. The molecule has 1 saturated carbocycles. The van der Waals surface area contributed by atoms with E-state index < -0.39 is 0 Å². The topological polar surface area (TPSA) is 17.8 Å². The van der Waals surface area contributed by atoms with Gasteiger partial charge in [-0.1, -0.05) is 25.7 Å². The van der Waals surface area contributed by atoms with Gasteiger partial charge in [-0.25, -0.2) is 0 Å². The Morgan fingerprint density at radius 3 is 2.43 bits per heavy atom. The van der Waals surface area contributed by atoms with Crippen LogP contribution in [0.5, 0.6) is 0 Å². The minimum atomic E-state index is 0.636. The lowest BCUT2D eigenvalue weighted by Gasteiger charge is -2.13. The Bertz CT molecular complexity index is 284. The average Bonchev–Trinajstić information content (AvgIpc) is 2.46. The van der Waals surface area contributed by atoms with E-state index in [9.17, 15) is 0 Å². The summed E-state index contributed by atoms with van der Waals surface area (Å²) in [6.07, 6.45) is 10.2. The molecule has 0 unspecified atom stereocenters. The van der Waals surface area contributed by atoms with Crippen LogP contribution in [-0.4, -0.2) is 9.78 Å². The summed E-state index contributed by atoms with van der Waals surface area (Å²) in [4.78, 5) is 0. The van der Waals surface area contributed by atoms with Crippen LogP contribution in [0.15, 0.2) is 10.7 Å². The van der Waals surface area contributed by atoms with Gasteiger partial charge in [-0.05, 0) is 51.4 Å². The van der Waals surface area contributed by atoms with Gasteiger partial charge in [0.1, 0.15) is 3.70 Å². The molecule has 1 aliphatic carbocycles. The summed E-state index contributed by atoms with van der Waals surface area (Å²) in [5.74, 6) is 0. The molecule has 1 aliphatic rings. The Hall–Kier alpha value is 0.420. The van der Waals surface area contributed by atoms with Crippen molar-refractivity contribution in [3.05, 3.63) is 14.4 Å². The third kappa shape index (κ3) is 2.51. The molecule has 1 aromatic heterocycles. The zero-order chi connectivity index (χ0) is 9.97. The largest absolute Gasteiger partial charge is 0.267 e. The highest BCUT2D eigenvalue weighted by Gasteiger charge is 2.15. The molecule has 0 radical (unpaired) electrons. The standard InChI is InChI=1S/C10H14BrIN2/c11-9-7-14(13-10(9)12)8-5-3-1-2-4-6-8/h7-8H,1-6H2. The molecule has 1 aromatic rings. The van der Waals surface area contributed by atoms with Crippen LogP contribution in [0.25, 0.3) is 0 Å². The monoisotopic (exact) mass is 368 g/mol. The molecule has 14 heavy (non-hydrogen) atoms. The molecule has 0 atom stereocenters. The van der Waals surface area contributed by atoms with Gasteiger partial charge in [-0.15, -0.1) is 0 Å². The van der Waals surface area contributed by atoms with Crippen molar-refractivity contribution in [1.29, 1.82) is 0 Å². The normalized spacial score (nSPS) is 19.6. The Balaban J connectivity index is 2.12. The lowest BCUT2D eigenvalue weighted by molar-refractivity contribution is 0.404. The summed E-state index contributed by atoms with van der Waals surface area (Å²) in [5.41, 5.74) is 0. The maximum atomic E-state index is 4.53. The summed E-state index contributed by atoms with van der Waals surface area (Å²) >= 11 is 5.78. The van der Waals surface area contributed by atoms with Crippen LogP contribution >= 0.6 is 38.5 Å². The highest BCUT2D eigenvalue weighted by atomic mass is 127. The number of halogens is 2. The molecule has 0 bridgehead atoms. The van der Waals surface area contributed by atoms with E-state index in [1.807, 2.05) is 0 Å².